The zero-order valence-corrected chi connectivity index (χ0v) is 12.3. The quantitative estimate of drug-likeness (QED) is 0.857. The van der Waals surface area contributed by atoms with Gasteiger partial charge in [0.2, 0.25) is 10.0 Å². The van der Waals surface area contributed by atoms with E-state index in [1.54, 1.807) is 0 Å². The number of ether oxygens (including phenoxy) is 1. The smallest absolute Gasteiger partial charge is 0.253 e. The van der Waals surface area contributed by atoms with E-state index in [9.17, 15) is 17.6 Å². The highest BCUT2D eigenvalue weighted by atomic mass is 32.2. The van der Waals surface area contributed by atoms with Gasteiger partial charge < -0.3 is 9.64 Å². The third-order valence-electron chi connectivity index (χ3n) is 2.75. The van der Waals surface area contributed by atoms with Crippen LogP contribution in [0.15, 0.2) is 17.0 Å². The van der Waals surface area contributed by atoms with Gasteiger partial charge in [0.15, 0.2) is 0 Å². The molecule has 8 heteroatoms. The summed E-state index contributed by atoms with van der Waals surface area (Å²) < 4.78 is 41.2. The van der Waals surface area contributed by atoms with E-state index in [4.69, 9.17) is 9.88 Å². The fourth-order valence-corrected chi connectivity index (χ4v) is 2.32. The Morgan fingerprint density at radius 1 is 1.45 bits per heavy atom. The Bertz CT molecular complexity index is 616. The number of primary sulfonamides is 1. The highest BCUT2D eigenvalue weighted by Crippen LogP contribution is 2.20. The van der Waals surface area contributed by atoms with Crippen LogP contribution in [0.2, 0.25) is 0 Å². The van der Waals surface area contributed by atoms with Crippen LogP contribution in [0, 0.1) is 12.7 Å². The molecule has 1 rings (SSSR count). The first-order valence-corrected chi connectivity index (χ1v) is 7.30. The molecule has 1 aromatic rings. The molecule has 0 radical (unpaired) electrons. The number of methoxy groups -OCH3 is 1. The first kappa shape index (κ1) is 16.5. The van der Waals surface area contributed by atoms with Crippen LogP contribution in [0.1, 0.15) is 15.9 Å². The average molecular weight is 304 g/mol. The molecule has 0 spiro atoms. The Labute approximate surface area is 117 Å². The molecule has 0 aromatic heterocycles. The monoisotopic (exact) mass is 304 g/mol. The van der Waals surface area contributed by atoms with Crippen molar-refractivity contribution in [3.05, 3.63) is 29.1 Å². The topological polar surface area (TPSA) is 89.7 Å². The molecule has 0 atom stereocenters. The van der Waals surface area contributed by atoms with E-state index in [0.717, 1.165) is 6.07 Å². The van der Waals surface area contributed by atoms with Crippen LogP contribution in [0.4, 0.5) is 4.39 Å². The molecule has 0 aliphatic heterocycles. The summed E-state index contributed by atoms with van der Waals surface area (Å²) in [6, 6.07) is 2.24. The van der Waals surface area contributed by atoms with Crippen molar-refractivity contribution in [3.63, 3.8) is 0 Å². The molecule has 0 heterocycles. The van der Waals surface area contributed by atoms with Crippen molar-refractivity contribution >= 4 is 15.9 Å². The molecular formula is C12H17FN2O4S. The van der Waals surface area contributed by atoms with Crippen LogP contribution in [-0.2, 0) is 14.8 Å². The number of rotatable bonds is 5. The Kier molecular flexibility index (Phi) is 5.21. The van der Waals surface area contributed by atoms with Crippen molar-refractivity contribution in [2.24, 2.45) is 5.14 Å². The maximum absolute atomic E-state index is 13.7. The van der Waals surface area contributed by atoms with E-state index in [-0.39, 0.29) is 11.1 Å². The van der Waals surface area contributed by atoms with E-state index >= 15 is 0 Å². The van der Waals surface area contributed by atoms with Gasteiger partial charge in [-0.15, -0.1) is 0 Å². The molecule has 1 aromatic carbocycles. The summed E-state index contributed by atoms with van der Waals surface area (Å²) >= 11 is 0. The highest BCUT2D eigenvalue weighted by molar-refractivity contribution is 7.89. The summed E-state index contributed by atoms with van der Waals surface area (Å²) in [4.78, 5) is 12.8. The van der Waals surface area contributed by atoms with Gasteiger partial charge in [0.25, 0.3) is 5.91 Å². The number of sulfonamides is 1. The van der Waals surface area contributed by atoms with Crippen LogP contribution in [0.5, 0.6) is 0 Å². The Hall–Kier alpha value is -1.51. The number of halogens is 1. The lowest BCUT2D eigenvalue weighted by Crippen LogP contribution is -2.30. The van der Waals surface area contributed by atoms with E-state index in [1.165, 1.54) is 32.0 Å². The SMILES string of the molecule is COCCN(C)C(=O)c1cc(C)c(F)c(S(N)(=O)=O)c1. The standard InChI is InChI=1S/C12H17FN2O4S/c1-8-6-9(12(16)15(2)4-5-19-3)7-10(11(8)13)20(14,17)18/h6-7H,4-5H2,1-3H3,(H2,14,17,18). The molecule has 6 nitrogen and oxygen atoms in total. The lowest BCUT2D eigenvalue weighted by Gasteiger charge is -2.17. The minimum absolute atomic E-state index is 0.0417. The summed E-state index contributed by atoms with van der Waals surface area (Å²) in [7, 11) is -1.19. The van der Waals surface area contributed by atoms with Crippen molar-refractivity contribution in [2.45, 2.75) is 11.8 Å². The summed E-state index contributed by atoms with van der Waals surface area (Å²) in [5.41, 5.74) is 0.103. The fraction of sp³-hybridized carbons (Fsp3) is 0.417. The predicted octanol–water partition coefficient (Wildman–Crippen LogP) is 0.500. The number of nitrogens with zero attached hydrogens (tertiary/aromatic N) is 1. The number of carbonyl (C=O) groups excluding carboxylic acids is 1. The minimum Gasteiger partial charge on any atom is -0.383 e. The van der Waals surface area contributed by atoms with Gasteiger partial charge in [0.1, 0.15) is 10.7 Å². The molecule has 0 fully saturated rings. The van der Waals surface area contributed by atoms with Gasteiger partial charge in [0.05, 0.1) is 6.61 Å². The number of aryl methyl sites for hydroxylation is 1. The van der Waals surface area contributed by atoms with Crippen molar-refractivity contribution in [1.82, 2.24) is 4.90 Å². The largest absolute Gasteiger partial charge is 0.383 e. The van der Waals surface area contributed by atoms with Crippen molar-refractivity contribution < 1.29 is 22.3 Å². The van der Waals surface area contributed by atoms with Crippen LogP contribution in [0.25, 0.3) is 0 Å². The number of likely N-dealkylation sites (N-methyl/N-ethyl adjacent to an activating group) is 1. The molecule has 1 amide bonds. The first-order valence-electron chi connectivity index (χ1n) is 5.75. The van der Waals surface area contributed by atoms with Gasteiger partial charge in [0, 0.05) is 26.3 Å². The van der Waals surface area contributed by atoms with E-state index < -0.39 is 26.6 Å². The molecule has 2 N–H and O–H groups in total. The second-order valence-electron chi connectivity index (χ2n) is 4.37. The minimum atomic E-state index is -4.23. The average Bonchev–Trinajstić information content (AvgIpc) is 2.36. The lowest BCUT2D eigenvalue weighted by atomic mass is 10.1. The van der Waals surface area contributed by atoms with Gasteiger partial charge in [-0.3, -0.25) is 4.79 Å². The Morgan fingerprint density at radius 3 is 2.55 bits per heavy atom. The number of benzene rings is 1. The summed E-state index contributed by atoms with van der Waals surface area (Å²) in [6.07, 6.45) is 0. The van der Waals surface area contributed by atoms with Crippen molar-refractivity contribution in [2.75, 3.05) is 27.3 Å². The van der Waals surface area contributed by atoms with E-state index in [2.05, 4.69) is 0 Å². The Balaban J connectivity index is 3.21. The summed E-state index contributed by atoms with van der Waals surface area (Å²) in [5.74, 6) is -1.38. The first-order chi connectivity index (χ1) is 9.18. The second kappa shape index (κ2) is 6.29. The van der Waals surface area contributed by atoms with Gasteiger partial charge in [-0.05, 0) is 24.6 Å². The molecule has 112 valence electrons. The third-order valence-corrected chi connectivity index (χ3v) is 3.66. The zero-order valence-electron chi connectivity index (χ0n) is 11.5. The van der Waals surface area contributed by atoms with Gasteiger partial charge in [-0.25, -0.2) is 17.9 Å². The van der Waals surface area contributed by atoms with Crippen LogP contribution >= 0.6 is 0 Å². The van der Waals surface area contributed by atoms with Gasteiger partial charge in [-0.2, -0.15) is 0 Å². The van der Waals surface area contributed by atoms with Crippen molar-refractivity contribution in [3.8, 4) is 0 Å². The molecule has 20 heavy (non-hydrogen) atoms. The molecule has 0 aliphatic carbocycles. The predicted molar refractivity (Wildman–Crippen MR) is 71.3 cm³/mol. The van der Waals surface area contributed by atoms with Crippen LogP contribution in [0.3, 0.4) is 0 Å². The normalized spacial score (nSPS) is 11.4. The maximum Gasteiger partial charge on any atom is 0.253 e. The number of hydrogen-bond acceptors (Lipinski definition) is 4. The molecular weight excluding hydrogens is 287 g/mol. The fourth-order valence-electron chi connectivity index (χ4n) is 1.62. The molecule has 0 unspecified atom stereocenters. The van der Waals surface area contributed by atoms with Crippen molar-refractivity contribution in [1.29, 1.82) is 0 Å². The zero-order chi connectivity index (χ0) is 15.5. The molecule has 0 saturated heterocycles. The van der Waals surface area contributed by atoms with E-state index in [1.807, 2.05) is 0 Å². The summed E-state index contributed by atoms with van der Waals surface area (Å²) in [6.45, 7) is 2.04. The molecule has 0 bridgehead atoms. The van der Waals surface area contributed by atoms with Gasteiger partial charge >= 0.3 is 0 Å². The number of carbonyl (C=O) groups is 1. The van der Waals surface area contributed by atoms with Gasteiger partial charge in [-0.1, -0.05) is 0 Å². The molecule has 0 aliphatic rings. The lowest BCUT2D eigenvalue weighted by molar-refractivity contribution is 0.0744. The summed E-state index contributed by atoms with van der Waals surface area (Å²) in [5, 5.41) is 4.94. The van der Waals surface area contributed by atoms with Crippen LogP contribution in [-0.4, -0.2) is 46.5 Å². The third kappa shape index (κ3) is 3.75. The number of amides is 1. The second-order valence-corrected chi connectivity index (χ2v) is 5.90. The van der Waals surface area contributed by atoms with Crippen LogP contribution < -0.4 is 5.14 Å². The Morgan fingerprint density at radius 2 is 2.05 bits per heavy atom. The number of hydrogen-bond donors (Lipinski definition) is 1. The molecule has 0 saturated carbocycles. The number of nitrogens with two attached hydrogens (primary N) is 1. The van der Waals surface area contributed by atoms with E-state index in [0.29, 0.717) is 13.2 Å². The maximum atomic E-state index is 13.7. The highest BCUT2D eigenvalue weighted by Gasteiger charge is 2.21.